The molecule has 1 aliphatic rings. The van der Waals surface area contributed by atoms with Gasteiger partial charge in [0.15, 0.2) is 0 Å². The second-order valence-corrected chi connectivity index (χ2v) is 8.71. The maximum atomic E-state index is 13.8. The summed E-state index contributed by atoms with van der Waals surface area (Å²) in [6.07, 6.45) is 0. The minimum atomic E-state index is -3.81. The Kier molecular flexibility index (Phi) is 6.02. The summed E-state index contributed by atoms with van der Waals surface area (Å²) in [5.41, 5.74) is 0.617. The molecule has 10 heteroatoms. The smallest absolute Gasteiger partial charge is 0.282 e. The lowest BCUT2D eigenvalue weighted by molar-refractivity contribution is -0.116. The molecule has 2 aromatic rings. The molecule has 6 nitrogen and oxygen atoms in total. The lowest BCUT2D eigenvalue weighted by Crippen LogP contribution is -2.38. The Balaban J connectivity index is 1.66. The third-order valence-corrected chi connectivity index (χ3v) is 6.61. The van der Waals surface area contributed by atoms with Crippen molar-refractivity contribution >= 4 is 45.0 Å². The second kappa shape index (κ2) is 8.12. The van der Waals surface area contributed by atoms with Gasteiger partial charge >= 0.3 is 0 Å². The summed E-state index contributed by atoms with van der Waals surface area (Å²) in [7, 11) is -3.81. The molecule has 0 aliphatic carbocycles. The topological polar surface area (TPSA) is 69.7 Å². The highest BCUT2D eigenvalue weighted by Crippen LogP contribution is 2.24. The van der Waals surface area contributed by atoms with E-state index in [9.17, 15) is 17.6 Å². The van der Waals surface area contributed by atoms with Crippen molar-refractivity contribution in [1.82, 2.24) is 8.61 Å². The van der Waals surface area contributed by atoms with Crippen molar-refractivity contribution in [1.29, 1.82) is 0 Å². The molecule has 0 bridgehead atoms. The van der Waals surface area contributed by atoms with Crippen LogP contribution in [0.1, 0.15) is 5.56 Å². The van der Waals surface area contributed by atoms with E-state index in [-0.39, 0.29) is 30.3 Å². The van der Waals surface area contributed by atoms with E-state index in [1.165, 1.54) is 16.4 Å². The van der Waals surface area contributed by atoms with Gasteiger partial charge in [0, 0.05) is 29.7 Å². The fourth-order valence-corrected chi connectivity index (χ4v) is 4.58. The lowest BCUT2D eigenvalue weighted by Gasteiger charge is -2.19. The third-order valence-electron chi connectivity index (χ3n) is 4.08. The van der Waals surface area contributed by atoms with Gasteiger partial charge in [0.1, 0.15) is 5.82 Å². The van der Waals surface area contributed by atoms with Crippen LogP contribution < -0.4 is 5.32 Å². The number of nitrogens with zero attached hydrogens (tertiary/aromatic N) is 2. The fraction of sp³-hybridized carbons (Fsp3) is 0.235. The highest BCUT2D eigenvalue weighted by molar-refractivity contribution is 7.87. The summed E-state index contributed by atoms with van der Waals surface area (Å²) >= 11 is 11.8. The number of carbonyl (C=O) groups is 1. The molecule has 1 amide bonds. The molecule has 2 aromatic carbocycles. The molecular weight excluding hydrogens is 416 g/mol. The fourth-order valence-electron chi connectivity index (χ4n) is 2.70. The summed E-state index contributed by atoms with van der Waals surface area (Å²) in [5, 5.41) is 3.03. The molecule has 1 saturated heterocycles. The summed E-state index contributed by atoms with van der Waals surface area (Å²) in [6.45, 7) is 0.0921. The molecule has 1 N–H and O–H groups in total. The molecule has 1 fully saturated rings. The van der Waals surface area contributed by atoms with Gasteiger partial charge in [-0.15, -0.1) is 0 Å². The molecule has 0 unspecified atom stereocenters. The minimum absolute atomic E-state index is 0.0612. The first-order valence-corrected chi connectivity index (χ1v) is 10.2. The molecule has 0 saturated carbocycles. The quantitative estimate of drug-likeness (QED) is 0.790. The summed E-state index contributed by atoms with van der Waals surface area (Å²) in [5.74, 6) is -1.33. The molecule has 1 aliphatic heterocycles. The van der Waals surface area contributed by atoms with E-state index < -0.39 is 28.5 Å². The van der Waals surface area contributed by atoms with Crippen LogP contribution in [0.15, 0.2) is 42.5 Å². The Morgan fingerprint density at radius 3 is 2.52 bits per heavy atom. The number of nitrogens with one attached hydrogen (secondary N) is 1. The Labute approximate surface area is 166 Å². The van der Waals surface area contributed by atoms with Crippen LogP contribution in [0.5, 0.6) is 0 Å². The average Bonchev–Trinajstić information content (AvgIpc) is 2.87. The summed E-state index contributed by atoms with van der Waals surface area (Å²) in [4.78, 5) is 12.2. The van der Waals surface area contributed by atoms with Gasteiger partial charge in [0.25, 0.3) is 10.2 Å². The first kappa shape index (κ1) is 20.0. The van der Waals surface area contributed by atoms with Crippen LogP contribution >= 0.6 is 23.2 Å². The number of halogens is 3. The second-order valence-electron chi connectivity index (χ2n) is 5.94. The van der Waals surface area contributed by atoms with Crippen LogP contribution in [0.4, 0.5) is 10.1 Å². The molecule has 3 rings (SSSR count). The maximum absolute atomic E-state index is 13.8. The van der Waals surface area contributed by atoms with Gasteiger partial charge < -0.3 is 5.32 Å². The predicted octanol–water partition coefficient (Wildman–Crippen LogP) is 3.13. The third kappa shape index (κ3) is 4.59. The van der Waals surface area contributed by atoms with Gasteiger partial charge in [-0.05, 0) is 29.8 Å². The summed E-state index contributed by atoms with van der Waals surface area (Å²) in [6, 6.07) is 10.8. The van der Waals surface area contributed by atoms with E-state index in [0.29, 0.717) is 10.6 Å². The number of anilines is 1. The van der Waals surface area contributed by atoms with Gasteiger partial charge in [-0.25, -0.2) is 4.39 Å². The van der Waals surface area contributed by atoms with Crippen LogP contribution in [0.3, 0.4) is 0 Å². The maximum Gasteiger partial charge on any atom is 0.282 e. The molecular formula is C17H16Cl2FN3O3S. The largest absolute Gasteiger partial charge is 0.322 e. The van der Waals surface area contributed by atoms with Gasteiger partial charge in [0.05, 0.1) is 12.2 Å². The normalized spacial score (nSPS) is 17.1. The molecule has 0 radical (unpaired) electrons. The molecule has 27 heavy (non-hydrogen) atoms. The number of hydrogen-bond donors (Lipinski definition) is 1. The SMILES string of the molecule is O=C(CN1CCN(Cc2ccccc2Cl)S1(=O)=O)Nc1ccc(Cl)cc1F. The zero-order valence-corrected chi connectivity index (χ0v) is 16.4. The first-order chi connectivity index (χ1) is 12.8. The van der Waals surface area contributed by atoms with Crippen molar-refractivity contribution in [2.24, 2.45) is 0 Å². The van der Waals surface area contributed by atoms with Gasteiger partial charge in [-0.1, -0.05) is 41.4 Å². The number of rotatable bonds is 5. The molecule has 1 heterocycles. The van der Waals surface area contributed by atoms with E-state index in [1.807, 2.05) is 0 Å². The van der Waals surface area contributed by atoms with Gasteiger partial charge in [-0.3, -0.25) is 4.79 Å². The van der Waals surface area contributed by atoms with Crippen molar-refractivity contribution in [3.05, 3.63) is 63.9 Å². The zero-order chi connectivity index (χ0) is 19.6. The number of hydrogen-bond acceptors (Lipinski definition) is 3. The Morgan fingerprint density at radius 2 is 1.81 bits per heavy atom. The lowest BCUT2D eigenvalue weighted by atomic mass is 10.2. The van der Waals surface area contributed by atoms with E-state index >= 15 is 0 Å². The zero-order valence-electron chi connectivity index (χ0n) is 14.0. The average molecular weight is 432 g/mol. The highest BCUT2D eigenvalue weighted by atomic mass is 35.5. The van der Waals surface area contributed by atoms with Crippen molar-refractivity contribution in [3.63, 3.8) is 0 Å². The van der Waals surface area contributed by atoms with E-state index in [0.717, 1.165) is 10.4 Å². The molecule has 0 aromatic heterocycles. The van der Waals surface area contributed by atoms with Crippen molar-refractivity contribution < 1.29 is 17.6 Å². The van der Waals surface area contributed by atoms with E-state index in [4.69, 9.17) is 23.2 Å². The Morgan fingerprint density at radius 1 is 1.11 bits per heavy atom. The van der Waals surface area contributed by atoms with E-state index in [2.05, 4.69) is 5.32 Å². The van der Waals surface area contributed by atoms with Crippen molar-refractivity contribution in [3.8, 4) is 0 Å². The van der Waals surface area contributed by atoms with Crippen molar-refractivity contribution in [2.45, 2.75) is 6.54 Å². The van der Waals surface area contributed by atoms with Crippen molar-refractivity contribution in [2.75, 3.05) is 25.0 Å². The van der Waals surface area contributed by atoms with Crippen LogP contribution in [0.2, 0.25) is 10.0 Å². The Bertz CT molecular complexity index is 972. The first-order valence-electron chi connectivity index (χ1n) is 8.01. The van der Waals surface area contributed by atoms with Crippen LogP contribution in [0, 0.1) is 5.82 Å². The standard InChI is InChI=1S/C17H16Cl2FN3O3S/c18-13-5-6-16(15(20)9-13)21-17(24)11-23-8-7-22(27(23,25)26)10-12-3-1-2-4-14(12)19/h1-6,9H,7-8,10-11H2,(H,21,24). The molecule has 0 atom stereocenters. The highest BCUT2D eigenvalue weighted by Gasteiger charge is 2.37. The number of amides is 1. The predicted molar refractivity (Wildman–Crippen MR) is 102 cm³/mol. The molecule has 144 valence electrons. The summed E-state index contributed by atoms with van der Waals surface area (Å²) < 4.78 is 41.4. The van der Waals surface area contributed by atoms with Crippen LogP contribution in [-0.4, -0.2) is 42.6 Å². The van der Waals surface area contributed by atoms with Gasteiger partial charge in [-0.2, -0.15) is 17.0 Å². The number of carbonyl (C=O) groups excluding carboxylic acids is 1. The Hall–Kier alpha value is -1.71. The van der Waals surface area contributed by atoms with Crippen LogP contribution in [-0.2, 0) is 21.5 Å². The number of benzene rings is 2. The van der Waals surface area contributed by atoms with E-state index in [1.54, 1.807) is 24.3 Å². The molecule has 0 spiro atoms. The minimum Gasteiger partial charge on any atom is -0.322 e. The monoisotopic (exact) mass is 431 g/mol. The van der Waals surface area contributed by atoms with Crippen LogP contribution in [0.25, 0.3) is 0 Å². The van der Waals surface area contributed by atoms with Gasteiger partial charge in [0.2, 0.25) is 5.91 Å².